The van der Waals surface area contributed by atoms with Gasteiger partial charge in [0, 0.05) is 12.4 Å². The van der Waals surface area contributed by atoms with Crippen molar-refractivity contribution in [3.63, 3.8) is 0 Å². The van der Waals surface area contributed by atoms with Gasteiger partial charge in [-0.3, -0.25) is 0 Å². The minimum absolute atomic E-state index is 0.172. The average molecular weight is 366 g/mol. The van der Waals surface area contributed by atoms with Crippen LogP contribution in [0.5, 0.6) is 5.75 Å². The van der Waals surface area contributed by atoms with Gasteiger partial charge in [0.25, 0.3) is 0 Å². The van der Waals surface area contributed by atoms with Crippen molar-refractivity contribution in [3.8, 4) is 5.75 Å². The highest BCUT2D eigenvalue weighted by Crippen LogP contribution is 2.30. The molecule has 0 unspecified atom stereocenters. The van der Waals surface area contributed by atoms with Crippen LogP contribution in [0.15, 0.2) is 48.5 Å². The third-order valence-electron chi connectivity index (χ3n) is 3.89. The summed E-state index contributed by atoms with van der Waals surface area (Å²) in [4.78, 5) is 15.8. The molecule has 5 heteroatoms. The summed E-state index contributed by atoms with van der Waals surface area (Å²) in [6.45, 7) is 2.82. The zero-order chi connectivity index (χ0) is 18.4. The predicted molar refractivity (Wildman–Crippen MR) is 104 cm³/mol. The third kappa shape index (κ3) is 4.70. The van der Waals surface area contributed by atoms with Gasteiger partial charge in [0.2, 0.25) is 0 Å². The number of hydrogen-bond donors (Lipinski definition) is 0. The fourth-order valence-corrected chi connectivity index (χ4v) is 3.53. The molecule has 1 heterocycles. The second-order valence-corrected chi connectivity index (χ2v) is 7.01. The number of unbranched alkanes of at least 4 members (excludes halogenated alkanes) is 1. The number of thiazole rings is 1. The number of hydrogen-bond acceptors (Lipinski definition) is 5. The Morgan fingerprint density at radius 1 is 1.19 bits per heavy atom. The molecule has 3 aromatic rings. The topological polar surface area (TPSA) is 62.2 Å². The van der Waals surface area contributed by atoms with E-state index >= 15 is 0 Å². The molecule has 0 radical (unpaired) electrons. The number of carboxylic acid groups (broad SMARTS) is 1. The lowest BCUT2D eigenvalue weighted by molar-refractivity contribution is -0.304. The summed E-state index contributed by atoms with van der Waals surface area (Å²) >= 11 is 1.49. The first-order valence-electron chi connectivity index (χ1n) is 8.65. The molecule has 4 nitrogen and oxygen atoms in total. The molecule has 134 valence electrons. The van der Waals surface area contributed by atoms with E-state index < -0.39 is 5.97 Å². The van der Waals surface area contributed by atoms with Crippen LogP contribution in [0.4, 0.5) is 0 Å². The number of para-hydroxylation sites is 1. The fourth-order valence-electron chi connectivity index (χ4n) is 2.55. The summed E-state index contributed by atoms with van der Waals surface area (Å²) in [6, 6.07) is 15.4. The maximum Gasteiger partial charge on any atom is 0.120 e. The number of rotatable bonds is 8. The molecule has 0 saturated heterocycles. The van der Waals surface area contributed by atoms with Crippen molar-refractivity contribution in [3.05, 3.63) is 59.1 Å². The Morgan fingerprint density at radius 2 is 1.96 bits per heavy atom. The van der Waals surface area contributed by atoms with E-state index in [1.807, 2.05) is 54.6 Å². The van der Waals surface area contributed by atoms with E-state index in [4.69, 9.17) is 4.74 Å². The Kier molecular flexibility index (Phi) is 6.02. The normalized spacial score (nSPS) is 11.7. The van der Waals surface area contributed by atoms with Crippen molar-refractivity contribution in [2.75, 3.05) is 6.61 Å². The summed E-state index contributed by atoms with van der Waals surface area (Å²) in [5.41, 5.74) is 2.42. The first-order valence-corrected chi connectivity index (χ1v) is 9.46. The van der Waals surface area contributed by atoms with Crippen molar-refractivity contribution in [2.24, 2.45) is 0 Å². The molecule has 0 aliphatic carbocycles. The molecule has 0 atom stereocenters. The largest absolute Gasteiger partial charge is 0.550 e. The molecular formula is C21H20NO3S-. The zero-order valence-electron chi connectivity index (χ0n) is 14.6. The van der Waals surface area contributed by atoms with E-state index in [0.29, 0.717) is 17.2 Å². The number of fused-ring (bicyclic) bond motifs is 1. The summed E-state index contributed by atoms with van der Waals surface area (Å²) in [6.07, 6.45) is 3.79. The first-order chi connectivity index (χ1) is 12.7. The summed E-state index contributed by atoms with van der Waals surface area (Å²) in [7, 11) is 0. The summed E-state index contributed by atoms with van der Waals surface area (Å²) in [5.74, 6) is -0.299. The van der Waals surface area contributed by atoms with Gasteiger partial charge in [0.15, 0.2) is 0 Å². The third-order valence-corrected chi connectivity index (χ3v) is 5.00. The molecule has 0 fully saturated rings. The van der Waals surface area contributed by atoms with Gasteiger partial charge in [-0.25, -0.2) is 4.98 Å². The van der Waals surface area contributed by atoms with Crippen LogP contribution in [0.1, 0.15) is 36.8 Å². The van der Waals surface area contributed by atoms with Crippen molar-refractivity contribution in [1.29, 1.82) is 0 Å². The average Bonchev–Trinajstić information content (AvgIpc) is 3.06. The van der Waals surface area contributed by atoms with E-state index in [-0.39, 0.29) is 6.42 Å². The molecule has 0 aliphatic rings. The number of benzene rings is 2. The number of carbonyl (C=O) groups is 1. The van der Waals surface area contributed by atoms with E-state index in [2.05, 4.69) is 11.9 Å². The molecule has 0 amide bonds. The van der Waals surface area contributed by atoms with Gasteiger partial charge in [-0.15, -0.1) is 11.3 Å². The maximum atomic E-state index is 11.2. The fraction of sp³-hybridized carbons (Fsp3) is 0.238. The Morgan fingerprint density at radius 3 is 2.65 bits per heavy atom. The lowest BCUT2D eigenvalue weighted by Crippen LogP contribution is -2.22. The second-order valence-electron chi connectivity index (χ2n) is 5.98. The molecule has 0 N–H and O–H groups in total. The molecule has 1 aromatic heterocycles. The summed E-state index contributed by atoms with van der Waals surface area (Å²) < 4.78 is 6.69. The lowest BCUT2D eigenvalue weighted by Gasteiger charge is -2.07. The highest BCUT2D eigenvalue weighted by Gasteiger charge is 2.09. The van der Waals surface area contributed by atoms with Crippen molar-refractivity contribution in [1.82, 2.24) is 4.98 Å². The number of nitrogens with zero attached hydrogens (tertiary/aromatic N) is 1. The van der Waals surface area contributed by atoms with Gasteiger partial charge in [0.05, 0.1) is 16.8 Å². The summed E-state index contributed by atoms with van der Waals surface area (Å²) in [5, 5.41) is 11.9. The van der Waals surface area contributed by atoms with E-state index in [1.165, 1.54) is 11.3 Å². The van der Waals surface area contributed by atoms with Crippen LogP contribution in [-0.2, 0) is 4.79 Å². The van der Waals surface area contributed by atoms with Crippen LogP contribution in [0.25, 0.3) is 21.9 Å². The smallest absolute Gasteiger partial charge is 0.120 e. The number of aliphatic carboxylic acids is 1. The number of carboxylic acids is 1. The molecule has 0 saturated carbocycles. The van der Waals surface area contributed by atoms with Crippen molar-refractivity contribution in [2.45, 2.75) is 26.2 Å². The van der Waals surface area contributed by atoms with Crippen LogP contribution in [0, 0.1) is 0 Å². The maximum absolute atomic E-state index is 11.2. The lowest BCUT2D eigenvalue weighted by atomic mass is 10.1. The standard InChI is InChI=1S/C21H21NO3S/c1-2-3-12-25-17-10-8-15(9-11-17)13-16(14-20(23)24)21-22-18-6-4-5-7-19(18)26-21/h4-11,13H,2-3,12,14H2,1H3,(H,23,24)/p-1/b16-13+. The second kappa shape index (κ2) is 8.63. The Bertz CT molecular complexity index is 879. The van der Waals surface area contributed by atoms with Crippen LogP contribution >= 0.6 is 11.3 Å². The van der Waals surface area contributed by atoms with Gasteiger partial charge in [-0.2, -0.15) is 0 Å². The quantitative estimate of drug-likeness (QED) is 0.562. The Hall–Kier alpha value is -2.66. The Labute approximate surface area is 156 Å². The van der Waals surface area contributed by atoms with Gasteiger partial charge in [-0.1, -0.05) is 37.6 Å². The molecule has 3 rings (SSSR count). The van der Waals surface area contributed by atoms with E-state index in [1.54, 1.807) is 0 Å². The predicted octanol–water partition coefficient (Wildman–Crippen LogP) is 4.16. The number of ether oxygens (including phenoxy) is 1. The van der Waals surface area contributed by atoms with E-state index in [0.717, 1.165) is 34.4 Å². The number of aromatic nitrogens is 1. The van der Waals surface area contributed by atoms with Crippen LogP contribution in [-0.4, -0.2) is 17.6 Å². The van der Waals surface area contributed by atoms with Crippen molar-refractivity contribution >= 4 is 39.2 Å². The van der Waals surface area contributed by atoms with Gasteiger partial charge < -0.3 is 14.6 Å². The Balaban J connectivity index is 1.86. The van der Waals surface area contributed by atoms with Crippen LogP contribution in [0.3, 0.4) is 0 Å². The number of carbonyl (C=O) groups excluding carboxylic acids is 1. The van der Waals surface area contributed by atoms with Crippen LogP contribution in [0.2, 0.25) is 0 Å². The van der Waals surface area contributed by atoms with Crippen molar-refractivity contribution < 1.29 is 14.6 Å². The molecular weight excluding hydrogens is 346 g/mol. The molecule has 26 heavy (non-hydrogen) atoms. The van der Waals surface area contributed by atoms with Gasteiger partial charge >= 0.3 is 0 Å². The highest BCUT2D eigenvalue weighted by atomic mass is 32.1. The minimum Gasteiger partial charge on any atom is -0.550 e. The monoisotopic (exact) mass is 366 g/mol. The molecule has 0 aliphatic heterocycles. The van der Waals surface area contributed by atoms with Gasteiger partial charge in [-0.05, 0) is 47.9 Å². The molecule has 2 aromatic carbocycles. The molecule has 0 spiro atoms. The zero-order valence-corrected chi connectivity index (χ0v) is 15.4. The highest BCUT2D eigenvalue weighted by molar-refractivity contribution is 7.19. The molecule has 0 bridgehead atoms. The first kappa shape index (κ1) is 18.1. The SMILES string of the molecule is CCCCOc1ccc(/C=C(\CC(=O)[O-])c2nc3ccccc3s2)cc1. The van der Waals surface area contributed by atoms with Gasteiger partial charge in [0.1, 0.15) is 10.8 Å². The van der Waals surface area contributed by atoms with Crippen LogP contribution < -0.4 is 9.84 Å². The minimum atomic E-state index is -1.12. The van der Waals surface area contributed by atoms with E-state index in [9.17, 15) is 9.90 Å².